The summed E-state index contributed by atoms with van der Waals surface area (Å²) >= 11 is 0. The molecule has 0 unspecified atom stereocenters. The van der Waals surface area contributed by atoms with Gasteiger partial charge in [-0.1, -0.05) is 13.8 Å². The Morgan fingerprint density at radius 2 is 1.59 bits per heavy atom. The minimum Gasteiger partial charge on any atom is -0.463 e. The lowest BCUT2D eigenvalue weighted by Gasteiger charge is -2.62. The fourth-order valence-corrected chi connectivity index (χ4v) is 8.80. The van der Waals surface area contributed by atoms with Crippen molar-refractivity contribution in [3.63, 3.8) is 0 Å². The van der Waals surface area contributed by atoms with Crippen LogP contribution in [0.15, 0.2) is 0 Å². The van der Waals surface area contributed by atoms with Crippen LogP contribution in [0.1, 0.15) is 92.4 Å². The van der Waals surface area contributed by atoms with E-state index >= 15 is 0 Å². The average molecular weight is 479 g/mol. The monoisotopic (exact) mass is 478 g/mol. The molecular formula is C27H42O7. The van der Waals surface area contributed by atoms with E-state index in [1.54, 1.807) is 0 Å². The molecule has 9 atom stereocenters. The molecule has 0 radical (unpaired) electrons. The molecule has 0 aromatic carbocycles. The number of fused-ring (bicyclic) bond motifs is 5. The van der Waals surface area contributed by atoms with Gasteiger partial charge in [-0.25, -0.2) is 0 Å². The molecule has 1 N–H and O–H groups in total. The van der Waals surface area contributed by atoms with Gasteiger partial charge in [0.2, 0.25) is 0 Å². The molecule has 4 aliphatic rings. The predicted octanol–water partition coefficient (Wildman–Crippen LogP) is 4.19. The number of rotatable bonds is 5. The molecule has 7 nitrogen and oxygen atoms in total. The highest BCUT2D eigenvalue weighted by molar-refractivity contribution is 5.67. The second-order valence-corrected chi connectivity index (χ2v) is 12.0. The third-order valence-corrected chi connectivity index (χ3v) is 10.4. The molecule has 4 saturated carbocycles. The van der Waals surface area contributed by atoms with Gasteiger partial charge in [0.25, 0.3) is 0 Å². The Kier molecular flexibility index (Phi) is 6.82. The quantitative estimate of drug-likeness (QED) is 0.467. The van der Waals surface area contributed by atoms with E-state index in [4.69, 9.17) is 14.2 Å². The summed E-state index contributed by atoms with van der Waals surface area (Å²) in [6, 6.07) is 0. The second kappa shape index (κ2) is 9.11. The summed E-state index contributed by atoms with van der Waals surface area (Å²) in [7, 11) is 0. The van der Waals surface area contributed by atoms with Crippen LogP contribution in [0.2, 0.25) is 0 Å². The molecule has 0 heterocycles. The number of esters is 3. The maximum absolute atomic E-state index is 12.1. The number of hydrogen-bond acceptors (Lipinski definition) is 7. The van der Waals surface area contributed by atoms with Crippen molar-refractivity contribution < 1.29 is 33.7 Å². The third kappa shape index (κ3) is 4.16. The van der Waals surface area contributed by atoms with E-state index in [1.807, 2.05) is 0 Å². The zero-order chi connectivity index (χ0) is 24.9. The predicted molar refractivity (Wildman–Crippen MR) is 124 cm³/mol. The van der Waals surface area contributed by atoms with E-state index in [1.165, 1.54) is 20.8 Å². The lowest BCUT2D eigenvalue weighted by molar-refractivity contribution is -0.213. The molecule has 0 aromatic rings. The normalized spacial score (nSPS) is 44.1. The highest BCUT2D eigenvalue weighted by Crippen LogP contribution is 2.69. The van der Waals surface area contributed by atoms with Crippen molar-refractivity contribution in [1.82, 2.24) is 0 Å². The van der Waals surface area contributed by atoms with Crippen LogP contribution < -0.4 is 0 Å². The van der Waals surface area contributed by atoms with Crippen molar-refractivity contribution in [2.75, 3.05) is 6.61 Å². The first-order valence-corrected chi connectivity index (χ1v) is 13.1. The SMILES string of the molecule is CC(=O)OC[C@@H](OC(C)=O)[C@@]1(O)CC[C@H]2[C@@H]3CC[C@H]4C[C@@H](OC(C)=O)CC[C@]4(C)[C@H]3CC[C@@]21C. The molecule has 4 fully saturated rings. The van der Waals surface area contributed by atoms with Gasteiger partial charge < -0.3 is 19.3 Å². The summed E-state index contributed by atoms with van der Waals surface area (Å²) in [5, 5.41) is 12.1. The van der Waals surface area contributed by atoms with E-state index in [9.17, 15) is 19.5 Å². The van der Waals surface area contributed by atoms with Crippen molar-refractivity contribution in [1.29, 1.82) is 0 Å². The lowest BCUT2D eigenvalue weighted by atomic mass is 9.44. The fourth-order valence-electron chi connectivity index (χ4n) is 8.80. The van der Waals surface area contributed by atoms with E-state index in [-0.39, 0.29) is 24.1 Å². The van der Waals surface area contributed by atoms with Gasteiger partial charge in [-0.15, -0.1) is 0 Å². The van der Waals surface area contributed by atoms with Crippen molar-refractivity contribution in [2.45, 2.75) is 110 Å². The summed E-state index contributed by atoms with van der Waals surface area (Å²) in [5.41, 5.74) is -1.38. The van der Waals surface area contributed by atoms with Crippen LogP contribution in [0.3, 0.4) is 0 Å². The van der Waals surface area contributed by atoms with Crippen molar-refractivity contribution in [3.8, 4) is 0 Å². The van der Waals surface area contributed by atoms with Crippen molar-refractivity contribution in [3.05, 3.63) is 0 Å². The van der Waals surface area contributed by atoms with Crippen LogP contribution in [-0.4, -0.2) is 47.4 Å². The number of ether oxygens (including phenoxy) is 3. The second-order valence-electron chi connectivity index (χ2n) is 12.0. The Morgan fingerprint density at radius 3 is 2.24 bits per heavy atom. The highest BCUT2D eigenvalue weighted by Gasteiger charge is 2.67. The topological polar surface area (TPSA) is 99.1 Å². The van der Waals surface area contributed by atoms with Crippen LogP contribution in [-0.2, 0) is 28.6 Å². The summed E-state index contributed by atoms with van der Waals surface area (Å²) < 4.78 is 16.4. The zero-order valence-corrected chi connectivity index (χ0v) is 21.4. The number of aliphatic hydroxyl groups is 1. The molecule has 4 rings (SSSR count). The first-order valence-electron chi connectivity index (χ1n) is 13.1. The smallest absolute Gasteiger partial charge is 0.303 e. The fraction of sp³-hybridized carbons (Fsp3) is 0.889. The number of carbonyl (C=O) groups excluding carboxylic acids is 3. The zero-order valence-electron chi connectivity index (χ0n) is 21.4. The van der Waals surface area contributed by atoms with E-state index < -0.39 is 29.1 Å². The van der Waals surface area contributed by atoms with Gasteiger partial charge in [-0.2, -0.15) is 0 Å². The minimum atomic E-state index is -1.21. The third-order valence-electron chi connectivity index (χ3n) is 10.4. The molecule has 0 bridgehead atoms. The Morgan fingerprint density at radius 1 is 0.882 bits per heavy atom. The van der Waals surface area contributed by atoms with Crippen LogP contribution >= 0.6 is 0 Å². The van der Waals surface area contributed by atoms with Gasteiger partial charge in [0.05, 0.1) is 0 Å². The molecule has 192 valence electrons. The van der Waals surface area contributed by atoms with Gasteiger partial charge >= 0.3 is 17.9 Å². The molecule has 0 saturated heterocycles. The molecule has 0 spiro atoms. The first-order chi connectivity index (χ1) is 15.9. The van der Waals surface area contributed by atoms with Crippen LogP contribution in [0, 0.1) is 34.5 Å². The molecule has 4 aliphatic carbocycles. The summed E-state index contributed by atoms with van der Waals surface area (Å²) in [6.07, 6.45) is 7.74. The summed E-state index contributed by atoms with van der Waals surface area (Å²) in [6.45, 7) is 8.66. The molecule has 0 aromatic heterocycles. The van der Waals surface area contributed by atoms with Gasteiger partial charge in [0.15, 0.2) is 6.10 Å². The molecule has 7 heteroatoms. The van der Waals surface area contributed by atoms with E-state index in [0.717, 1.165) is 51.4 Å². The number of hydrogen-bond donors (Lipinski definition) is 1. The maximum atomic E-state index is 12.1. The Balaban J connectivity index is 1.55. The van der Waals surface area contributed by atoms with Gasteiger partial charge in [0, 0.05) is 26.2 Å². The summed E-state index contributed by atoms with van der Waals surface area (Å²) in [5.74, 6) is 0.919. The van der Waals surface area contributed by atoms with Crippen LogP contribution in [0.4, 0.5) is 0 Å². The Labute approximate surface area is 203 Å². The molecular weight excluding hydrogens is 436 g/mol. The van der Waals surface area contributed by atoms with E-state index in [2.05, 4.69) is 13.8 Å². The average Bonchev–Trinajstić information content (AvgIpc) is 3.02. The highest BCUT2D eigenvalue weighted by atomic mass is 16.6. The molecule has 34 heavy (non-hydrogen) atoms. The standard InChI is InChI=1S/C27H42O7/c1-16(28)32-15-24(34-18(3)30)27(31)13-10-23-21-7-6-19-14-20(33-17(2)29)8-11-25(19,4)22(21)9-12-26(23,27)5/h19-24,31H,6-15H2,1-5H3/t19-,20-,21+,22-,23-,24+,25-,26-,27-/m0/s1. The maximum Gasteiger partial charge on any atom is 0.303 e. The largest absolute Gasteiger partial charge is 0.463 e. The van der Waals surface area contributed by atoms with Gasteiger partial charge in [-0.3, -0.25) is 14.4 Å². The summed E-state index contributed by atoms with van der Waals surface area (Å²) in [4.78, 5) is 34.9. The van der Waals surface area contributed by atoms with Gasteiger partial charge in [-0.05, 0) is 86.9 Å². The molecule has 0 amide bonds. The van der Waals surface area contributed by atoms with Crippen molar-refractivity contribution in [2.24, 2.45) is 34.5 Å². The minimum absolute atomic E-state index is 0.0447. The van der Waals surface area contributed by atoms with E-state index in [0.29, 0.717) is 30.1 Å². The van der Waals surface area contributed by atoms with Crippen LogP contribution in [0.25, 0.3) is 0 Å². The number of carbonyl (C=O) groups is 3. The van der Waals surface area contributed by atoms with Gasteiger partial charge in [0.1, 0.15) is 18.3 Å². The van der Waals surface area contributed by atoms with Crippen LogP contribution in [0.5, 0.6) is 0 Å². The Bertz CT molecular complexity index is 826. The van der Waals surface area contributed by atoms with Crippen molar-refractivity contribution >= 4 is 17.9 Å². The Hall–Kier alpha value is -1.63. The first kappa shape index (κ1) is 25.5. The lowest BCUT2D eigenvalue weighted by Crippen LogP contribution is -2.61. The molecule has 0 aliphatic heterocycles.